The van der Waals surface area contributed by atoms with Crippen molar-refractivity contribution in [2.24, 2.45) is 0 Å². The third-order valence-corrected chi connectivity index (χ3v) is 4.67. The molecule has 2 N–H and O–H groups in total. The van der Waals surface area contributed by atoms with E-state index in [4.69, 9.17) is 9.47 Å². The number of rotatable bonds is 13. The molecule has 1 aliphatic rings. The van der Waals surface area contributed by atoms with Crippen LogP contribution in [-0.4, -0.2) is 35.2 Å². The van der Waals surface area contributed by atoms with E-state index in [9.17, 15) is 15.0 Å². The first kappa shape index (κ1) is 22.0. The van der Waals surface area contributed by atoms with Crippen molar-refractivity contribution >= 4 is 5.97 Å². The first-order valence-electron chi connectivity index (χ1n) is 9.99. The van der Waals surface area contributed by atoms with Gasteiger partial charge in [-0.25, -0.2) is 4.79 Å². The summed E-state index contributed by atoms with van der Waals surface area (Å²) in [5.74, 6) is -1.04. The number of ether oxygens (including phenoxy) is 2. The molecule has 0 radical (unpaired) electrons. The molecule has 0 amide bonds. The summed E-state index contributed by atoms with van der Waals surface area (Å²) >= 11 is 0. The molecular weight excluding hydrogens is 320 g/mol. The fourth-order valence-electron chi connectivity index (χ4n) is 3.13. The molecule has 5 heteroatoms. The van der Waals surface area contributed by atoms with Crippen molar-refractivity contribution < 1.29 is 24.5 Å². The number of aliphatic carboxylic acids is 1. The Morgan fingerprint density at radius 3 is 2.48 bits per heavy atom. The van der Waals surface area contributed by atoms with Crippen LogP contribution in [0.1, 0.15) is 90.9 Å². The molecule has 0 aromatic heterocycles. The molecule has 1 aliphatic heterocycles. The molecule has 1 rings (SSSR count). The van der Waals surface area contributed by atoms with Gasteiger partial charge in [-0.1, -0.05) is 46.0 Å². The second-order valence-electron chi connectivity index (χ2n) is 6.94. The lowest BCUT2D eigenvalue weighted by atomic mass is 10.0. The smallest absolute Gasteiger partial charge is 0.334 e. The van der Waals surface area contributed by atoms with Crippen LogP contribution in [0.15, 0.2) is 11.3 Å². The fraction of sp³-hybridized carbons (Fsp3) is 0.850. The Kier molecular flexibility index (Phi) is 11.6. The Hall–Kier alpha value is -1.07. The lowest BCUT2D eigenvalue weighted by Gasteiger charge is -2.28. The molecule has 1 fully saturated rings. The molecule has 1 unspecified atom stereocenters. The third kappa shape index (κ3) is 9.26. The Morgan fingerprint density at radius 1 is 1.12 bits per heavy atom. The van der Waals surface area contributed by atoms with Gasteiger partial charge in [-0.3, -0.25) is 0 Å². The van der Waals surface area contributed by atoms with Gasteiger partial charge in [0.25, 0.3) is 0 Å². The van der Waals surface area contributed by atoms with E-state index in [1.165, 1.54) is 0 Å². The van der Waals surface area contributed by atoms with Crippen molar-refractivity contribution in [1.29, 1.82) is 0 Å². The van der Waals surface area contributed by atoms with Crippen molar-refractivity contribution in [1.82, 2.24) is 0 Å². The predicted molar refractivity (Wildman–Crippen MR) is 98.7 cm³/mol. The van der Waals surface area contributed by atoms with Crippen LogP contribution < -0.4 is 0 Å². The number of carboxylic acid groups (broad SMARTS) is 1. The van der Waals surface area contributed by atoms with Crippen molar-refractivity contribution in [3.05, 3.63) is 11.3 Å². The summed E-state index contributed by atoms with van der Waals surface area (Å²) in [7, 11) is 0. The summed E-state index contributed by atoms with van der Waals surface area (Å²) < 4.78 is 11.7. The summed E-state index contributed by atoms with van der Waals surface area (Å²) in [5, 5.41) is 19.8. The van der Waals surface area contributed by atoms with Gasteiger partial charge in [-0.15, -0.1) is 0 Å². The summed E-state index contributed by atoms with van der Waals surface area (Å²) in [6.07, 6.45) is 10.1. The van der Waals surface area contributed by atoms with Gasteiger partial charge in [-0.2, -0.15) is 0 Å². The number of aliphatic hydroxyl groups excluding tert-OH is 1. The van der Waals surface area contributed by atoms with E-state index in [0.717, 1.165) is 64.2 Å². The monoisotopic (exact) mass is 356 g/mol. The third-order valence-electron chi connectivity index (χ3n) is 4.67. The highest BCUT2D eigenvalue weighted by Crippen LogP contribution is 2.24. The summed E-state index contributed by atoms with van der Waals surface area (Å²) in [5.41, 5.74) is 0.144. The van der Waals surface area contributed by atoms with E-state index < -0.39 is 5.97 Å². The van der Waals surface area contributed by atoms with E-state index in [-0.39, 0.29) is 30.1 Å². The van der Waals surface area contributed by atoms with Crippen LogP contribution in [0.25, 0.3) is 0 Å². The summed E-state index contributed by atoms with van der Waals surface area (Å²) in [6.45, 7) is 4.94. The van der Waals surface area contributed by atoms with Crippen LogP contribution in [0.5, 0.6) is 0 Å². The number of hydrogen-bond donors (Lipinski definition) is 2. The molecule has 0 aromatic carbocycles. The highest BCUT2D eigenvalue weighted by Gasteiger charge is 2.23. The normalized spacial score (nSPS) is 20.2. The van der Waals surface area contributed by atoms with Crippen LogP contribution in [0.4, 0.5) is 0 Å². The Morgan fingerprint density at radius 2 is 1.88 bits per heavy atom. The van der Waals surface area contributed by atoms with E-state index in [1.54, 1.807) is 0 Å². The molecule has 0 saturated carbocycles. The van der Waals surface area contributed by atoms with Crippen molar-refractivity contribution in [2.45, 2.75) is 103 Å². The molecule has 25 heavy (non-hydrogen) atoms. The van der Waals surface area contributed by atoms with E-state index in [1.807, 2.05) is 0 Å². The minimum absolute atomic E-state index is 0.0269. The largest absolute Gasteiger partial charge is 0.512 e. The van der Waals surface area contributed by atoms with Crippen molar-refractivity contribution in [3.63, 3.8) is 0 Å². The van der Waals surface area contributed by atoms with Crippen LogP contribution in [0, 0.1) is 0 Å². The Bertz CT molecular complexity index is 399. The minimum atomic E-state index is -1.02. The maximum absolute atomic E-state index is 11.5. The first-order chi connectivity index (χ1) is 12.1. The topological polar surface area (TPSA) is 76.0 Å². The summed E-state index contributed by atoms with van der Waals surface area (Å²) in [6, 6.07) is 0. The van der Waals surface area contributed by atoms with Crippen molar-refractivity contribution in [3.8, 4) is 0 Å². The lowest BCUT2D eigenvalue weighted by Crippen LogP contribution is -2.28. The number of aliphatic hydroxyl groups is 1. The van der Waals surface area contributed by atoms with E-state index >= 15 is 0 Å². The van der Waals surface area contributed by atoms with Gasteiger partial charge in [0, 0.05) is 13.0 Å². The van der Waals surface area contributed by atoms with Gasteiger partial charge in [0.05, 0.1) is 11.7 Å². The van der Waals surface area contributed by atoms with Crippen molar-refractivity contribution in [2.75, 3.05) is 6.61 Å². The van der Waals surface area contributed by atoms with E-state index in [0.29, 0.717) is 13.0 Å². The van der Waals surface area contributed by atoms with Gasteiger partial charge in [0.15, 0.2) is 6.29 Å². The maximum Gasteiger partial charge on any atom is 0.334 e. The SMILES string of the molecule is CCCCCCC(C(=O)O)=C(O)C[C@@H](CCCC)OC1CCCCO1. The quantitative estimate of drug-likeness (QED) is 0.264. The van der Waals surface area contributed by atoms with Gasteiger partial charge >= 0.3 is 5.97 Å². The number of unbranched alkanes of at least 4 members (excludes halogenated alkanes) is 4. The second-order valence-corrected chi connectivity index (χ2v) is 6.94. The van der Waals surface area contributed by atoms with Crippen LogP contribution in [0.3, 0.4) is 0 Å². The van der Waals surface area contributed by atoms with Crippen LogP contribution in [0.2, 0.25) is 0 Å². The minimum Gasteiger partial charge on any atom is -0.512 e. The molecule has 0 spiro atoms. The molecule has 0 bridgehead atoms. The Labute approximate surface area is 152 Å². The van der Waals surface area contributed by atoms with Gasteiger partial charge in [0.2, 0.25) is 0 Å². The molecule has 2 atom stereocenters. The average molecular weight is 357 g/mol. The highest BCUT2D eigenvalue weighted by molar-refractivity contribution is 5.87. The zero-order valence-corrected chi connectivity index (χ0v) is 16.0. The number of carbonyl (C=O) groups is 1. The van der Waals surface area contributed by atoms with Crippen LogP contribution >= 0.6 is 0 Å². The predicted octanol–water partition coefficient (Wildman–Crippen LogP) is 5.35. The zero-order chi connectivity index (χ0) is 18.5. The highest BCUT2D eigenvalue weighted by atomic mass is 16.7. The Balaban J connectivity index is 2.66. The number of carboxylic acids is 1. The molecule has 1 heterocycles. The molecule has 5 nitrogen and oxygen atoms in total. The molecule has 1 saturated heterocycles. The second kappa shape index (κ2) is 13.2. The molecule has 146 valence electrons. The van der Waals surface area contributed by atoms with Gasteiger partial charge in [0.1, 0.15) is 5.76 Å². The fourth-order valence-corrected chi connectivity index (χ4v) is 3.13. The molecule has 0 aromatic rings. The van der Waals surface area contributed by atoms with Gasteiger partial charge in [-0.05, 0) is 38.5 Å². The standard InChI is InChI=1S/C20H36O5/c1-3-5-7-8-12-17(20(22)23)18(21)15-16(11-6-4-2)25-19-13-9-10-14-24-19/h16,19,21H,3-15H2,1-2H3,(H,22,23)/t16-,19?/m1/s1. The average Bonchev–Trinajstić information content (AvgIpc) is 2.60. The molecular formula is C20H36O5. The zero-order valence-electron chi connectivity index (χ0n) is 16.0. The van der Waals surface area contributed by atoms with Gasteiger partial charge < -0.3 is 19.7 Å². The lowest BCUT2D eigenvalue weighted by molar-refractivity contribution is -0.190. The maximum atomic E-state index is 11.5. The molecule has 0 aliphatic carbocycles. The van der Waals surface area contributed by atoms with Crippen LogP contribution in [-0.2, 0) is 14.3 Å². The first-order valence-corrected chi connectivity index (χ1v) is 9.99. The van der Waals surface area contributed by atoms with E-state index in [2.05, 4.69) is 13.8 Å². The number of hydrogen-bond acceptors (Lipinski definition) is 4. The summed E-state index contributed by atoms with van der Waals surface area (Å²) in [4.78, 5) is 11.5.